The Balaban J connectivity index is 1.46. The number of fused-ring (bicyclic) bond motifs is 1. The van der Waals surface area contributed by atoms with E-state index in [0.29, 0.717) is 53.3 Å². The fraction of sp³-hybridized carbons (Fsp3) is 0.240. The summed E-state index contributed by atoms with van der Waals surface area (Å²) in [6.07, 6.45) is 0. The number of carbonyl (C=O) groups is 1. The van der Waals surface area contributed by atoms with Crippen LogP contribution in [0.4, 0.5) is 15.9 Å². The van der Waals surface area contributed by atoms with Crippen molar-refractivity contribution in [2.45, 2.75) is 13.0 Å². The molecular formula is C25H21Cl2FN6O. The monoisotopic (exact) mass is 510 g/mol. The second kappa shape index (κ2) is 9.25. The molecule has 0 aliphatic carbocycles. The minimum Gasteiger partial charge on any atom is -0.368 e. The molecule has 3 aromatic rings. The van der Waals surface area contributed by atoms with Crippen LogP contribution in [0.15, 0.2) is 59.8 Å². The van der Waals surface area contributed by atoms with Crippen LogP contribution in [-0.2, 0) is 4.79 Å². The first-order valence-corrected chi connectivity index (χ1v) is 11.8. The van der Waals surface area contributed by atoms with Crippen LogP contribution in [0.2, 0.25) is 10.0 Å². The number of nitrogens with one attached hydrogen (secondary N) is 1. The summed E-state index contributed by atoms with van der Waals surface area (Å²) in [5.41, 5.74) is 3.11. The topological polar surface area (TPSA) is 77.2 Å². The van der Waals surface area contributed by atoms with E-state index in [2.05, 4.69) is 21.4 Å². The highest BCUT2D eigenvalue weighted by Crippen LogP contribution is 2.39. The number of aromatic nitrogens is 2. The molecule has 2 aromatic carbocycles. The van der Waals surface area contributed by atoms with E-state index >= 15 is 0 Å². The zero-order valence-corrected chi connectivity index (χ0v) is 20.3. The summed E-state index contributed by atoms with van der Waals surface area (Å²) in [5.74, 6) is 0.220. The summed E-state index contributed by atoms with van der Waals surface area (Å²) in [7, 11) is 0. The van der Waals surface area contributed by atoms with E-state index < -0.39 is 6.04 Å². The van der Waals surface area contributed by atoms with Crippen molar-refractivity contribution in [1.82, 2.24) is 14.7 Å². The van der Waals surface area contributed by atoms with Gasteiger partial charge in [0.05, 0.1) is 15.6 Å². The van der Waals surface area contributed by atoms with Crippen molar-refractivity contribution in [3.63, 3.8) is 0 Å². The number of amides is 1. The largest absolute Gasteiger partial charge is 0.368 e. The van der Waals surface area contributed by atoms with Crippen LogP contribution in [0.1, 0.15) is 24.2 Å². The van der Waals surface area contributed by atoms with E-state index in [1.54, 1.807) is 35.0 Å². The molecule has 35 heavy (non-hydrogen) atoms. The number of piperazine rings is 1. The molecule has 2 aliphatic heterocycles. The molecule has 1 fully saturated rings. The second-order valence-corrected chi connectivity index (χ2v) is 9.28. The summed E-state index contributed by atoms with van der Waals surface area (Å²) in [5, 5.41) is 17.8. The maximum atomic E-state index is 13.9. The minimum atomic E-state index is -0.578. The van der Waals surface area contributed by atoms with Gasteiger partial charge >= 0.3 is 0 Å². The number of halogens is 3. The quantitative estimate of drug-likeness (QED) is 0.545. The van der Waals surface area contributed by atoms with Crippen molar-refractivity contribution in [3.05, 3.63) is 86.9 Å². The van der Waals surface area contributed by atoms with Crippen molar-refractivity contribution >= 4 is 40.6 Å². The average molecular weight is 511 g/mol. The SMILES string of the molecule is CC1=C(C(=O)N2CCN(c3ccc(F)cc3)CC2)C(c2ccc(Cl)c(Cl)c2)n2nc(C#N)cc2N1. The number of anilines is 2. The maximum absolute atomic E-state index is 13.9. The third-order valence-corrected chi connectivity index (χ3v) is 7.08. The van der Waals surface area contributed by atoms with Gasteiger partial charge in [0.2, 0.25) is 0 Å². The molecular weight excluding hydrogens is 490 g/mol. The lowest BCUT2D eigenvalue weighted by Gasteiger charge is -2.38. The molecule has 1 amide bonds. The van der Waals surface area contributed by atoms with Gasteiger partial charge in [-0.2, -0.15) is 10.4 Å². The first-order chi connectivity index (χ1) is 16.9. The van der Waals surface area contributed by atoms with Crippen LogP contribution >= 0.6 is 23.2 Å². The fourth-order valence-electron chi connectivity index (χ4n) is 4.58. The number of allylic oxidation sites excluding steroid dienone is 1. The van der Waals surface area contributed by atoms with Gasteiger partial charge in [0, 0.05) is 43.6 Å². The molecule has 0 spiro atoms. The van der Waals surface area contributed by atoms with E-state index in [4.69, 9.17) is 23.2 Å². The fourth-order valence-corrected chi connectivity index (χ4v) is 4.89. The predicted octanol–water partition coefficient (Wildman–Crippen LogP) is 4.84. The Morgan fingerprint density at radius 1 is 1.09 bits per heavy atom. The van der Waals surface area contributed by atoms with Crippen LogP contribution in [0.3, 0.4) is 0 Å². The Bertz CT molecular complexity index is 1370. The smallest absolute Gasteiger partial charge is 0.254 e. The Kier molecular flexibility index (Phi) is 6.13. The first kappa shape index (κ1) is 23.2. The zero-order chi connectivity index (χ0) is 24.7. The average Bonchev–Trinajstić information content (AvgIpc) is 3.28. The normalized spacial score (nSPS) is 17.6. The van der Waals surface area contributed by atoms with E-state index in [1.807, 2.05) is 17.9 Å². The van der Waals surface area contributed by atoms with Crippen molar-refractivity contribution in [2.24, 2.45) is 0 Å². The number of hydrogen-bond acceptors (Lipinski definition) is 5. The molecule has 10 heteroatoms. The van der Waals surface area contributed by atoms with Gasteiger partial charge in [-0.3, -0.25) is 4.79 Å². The Hall–Kier alpha value is -3.54. The lowest BCUT2D eigenvalue weighted by Crippen LogP contribution is -2.50. The minimum absolute atomic E-state index is 0.121. The highest BCUT2D eigenvalue weighted by molar-refractivity contribution is 6.42. The molecule has 178 valence electrons. The molecule has 0 saturated carbocycles. The molecule has 1 saturated heterocycles. The Morgan fingerprint density at radius 3 is 2.46 bits per heavy atom. The highest BCUT2D eigenvalue weighted by atomic mass is 35.5. The Morgan fingerprint density at radius 2 is 1.80 bits per heavy atom. The van der Waals surface area contributed by atoms with Gasteiger partial charge < -0.3 is 15.1 Å². The third kappa shape index (κ3) is 4.33. The third-order valence-electron chi connectivity index (χ3n) is 6.34. The lowest BCUT2D eigenvalue weighted by atomic mass is 9.94. The molecule has 2 aliphatic rings. The molecule has 1 N–H and O–H groups in total. The van der Waals surface area contributed by atoms with Crippen molar-refractivity contribution < 1.29 is 9.18 Å². The standard InChI is InChI=1S/C25H21Cl2FN6O/c1-15-23(25(35)33-10-8-32(9-11-33)19-5-3-17(28)4-6-19)24(16-2-7-20(26)21(27)12-16)34-22(30-15)13-18(14-29)31-34/h2-7,12-13,24,30H,8-11H2,1H3. The van der Waals surface area contributed by atoms with E-state index in [-0.39, 0.29) is 17.4 Å². The van der Waals surface area contributed by atoms with Gasteiger partial charge in [0.15, 0.2) is 5.69 Å². The number of rotatable bonds is 3. The van der Waals surface area contributed by atoms with E-state index in [0.717, 1.165) is 11.3 Å². The van der Waals surface area contributed by atoms with Gasteiger partial charge in [-0.05, 0) is 48.9 Å². The molecule has 7 nitrogen and oxygen atoms in total. The number of nitrogens with zero attached hydrogens (tertiary/aromatic N) is 5. The number of benzene rings is 2. The summed E-state index contributed by atoms with van der Waals surface area (Å²) >= 11 is 12.5. The molecule has 0 radical (unpaired) electrons. The zero-order valence-electron chi connectivity index (χ0n) is 18.8. The molecule has 1 aromatic heterocycles. The summed E-state index contributed by atoms with van der Waals surface area (Å²) in [4.78, 5) is 17.8. The predicted molar refractivity (Wildman–Crippen MR) is 133 cm³/mol. The maximum Gasteiger partial charge on any atom is 0.254 e. The highest BCUT2D eigenvalue weighted by Gasteiger charge is 2.36. The van der Waals surface area contributed by atoms with Crippen molar-refractivity contribution in [1.29, 1.82) is 5.26 Å². The van der Waals surface area contributed by atoms with E-state index in [1.165, 1.54) is 12.1 Å². The van der Waals surface area contributed by atoms with Crippen LogP contribution in [0, 0.1) is 17.1 Å². The van der Waals surface area contributed by atoms with Gasteiger partial charge in [0.25, 0.3) is 5.91 Å². The summed E-state index contributed by atoms with van der Waals surface area (Å²) < 4.78 is 14.9. The number of nitriles is 1. The molecule has 0 bridgehead atoms. The van der Waals surface area contributed by atoms with Crippen LogP contribution in [0.25, 0.3) is 0 Å². The summed E-state index contributed by atoms with van der Waals surface area (Å²) in [6.45, 7) is 4.11. The molecule has 1 atom stereocenters. The van der Waals surface area contributed by atoms with Gasteiger partial charge in [-0.15, -0.1) is 0 Å². The van der Waals surface area contributed by atoms with Crippen LogP contribution in [0.5, 0.6) is 0 Å². The molecule has 3 heterocycles. The van der Waals surface area contributed by atoms with Crippen molar-refractivity contribution in [3.8, 4) is 6.07 Å². The number of hydrogen-bond donors (Lipinski definition) is 1. The van der Waals surface area contributed by atoms with Gasteiger partial charge in [-0.25, -0.2) is 9.07 Å². The van der Waals surface area contributed by atoms with Gasteiger partial charge in [-0.1, -0.05) is 29.3 Å². The second-order valence-electron chi connectivity index (χ2n) is 8.47. The molecule has 5 rings (SSSR count). The van der Waals surface area contributed by atoms with E-state index in [9.17, 15) is 14.4 Å². The summed E-state index contributed by atoms with van der Waals surface area (Å²) in [6, 6.07) is 14.7. The van der Waals surface area contributed by atoms with Gasteiger partial charge in [0.1, 0.15) is 23.7 Å². The number of carbonyl (C=O) groups excluding carboxylic acids is 1. The van der Waals surface area contributed by atoms with Crippen LogP contribution < -0.4 is 10.2 Å². The van der Waals surface area contributed by atoms with Crippen molar-refractivity contribution in [2.75, 3.05) is 36.4 Å². The Labute approximate surface area is 211 Å². The van der Waals surface area contributed by atoms with Crippen LogP contribution in [-0.4, -0.2) is 46.8 Å². The first-order valence-electron chi connectivity index (χ1n) is 11.1. The lowest BCUT2D eigenvalue weighted by molar-refractivity contribution is -0.128. The molecule has 1 unspecified atom stereocenters.